The first-order chi connectivity index (χ1) is 15.6. The summed E-state index contributed by atoms with van der Waals surface area (Å²) in [5.74, 6) is 0.00723. The Labute approximate surface area is 191 Å². The van der Waals surface area contributed by atoms with Crippen molar-refractivity contribution in [2.75, 3.05) is 56.7 Å². The molecule has 2 aromatic heterocycles. The molecule has 1 atom stereocenters. The molecule has 4 heterocycles. The third kappa shape index (κ3) is 5.92. The van der Waals surface area contributed by atoms with Crippen molar-refractivity contribution in [3.63, 3.8) is 0 Å². The van der Waals surface area contributed by atoms with Gasteiger partial charge in [0, 0.05) is 44.6 Å². The zero-order valence-electron chi connectivity index (χ0n) is 17.7. The number of hydrogen-bond acceptors (Lipinski definition) is 7. The van der Waals surface area contributed by atoms with Gasteiger partial charge in [-0.15, -0.1) is 0 Å². The van der Waals surface area contributed by atoms with Gasteiger partial charge in [-0.05, 0) is 37.0 Å². The van der Waals surface area contributed by atoms with Gasteiger partial charge >= 0.3 is 0 Å². The molecule has 172 valence electrons. The summed E-state index contributed by atoms with van der Waals surface area (Å²) in [5.41, 5.74) is 1.05. The van der Waals surface area contributed by atoms with Crippen LogP contribution in [-0.2, 0) is 14.3 Å². The first kappa shape index (κ1) is 22.8. The summed E-state index contributed by atoms with van der Waals surface area (Å²) in [5, 5.41) is 9.46. The number of carbonyl (C=O) groups is 1. The van der Waals surface area contributed by atoms with Crippen molar-refractivity contribution in [3.8, 4) is 11.3 Å². The molecular weight excluding hydrogens is 437 g/mol. The minimum Gasteiger partial charge on any atom is -0.381 e. The monoisotopic (exact) mass is 463 g/mol. The van der Waals surface area contributed by atoms with E-state index in [4.69, 9.17) is 21.1 Å². The van der Waals surface area contributed by atoms with Crippen LogP contribution in [0.3, 0.4) is 0 Å². The molecule has 3 N–H and O–H groups in total. The van der Waals surface area contributed by atoms with Gasteiger partial charge in [0.15, 0.2) is 11.6 Å². The maximum atomic E-state index is 14.4. The van der Waals surface area contributed by atoms with Crippen LogP contribution in [0.15, 0.2) is 24.4 Å². The molecule has 0 saturated carbocycles. The first-order valence-electron chi connectivity index (χ1n) is 10.8. The maximum absolute atomic E-state index is 14.4. The van der Waals surface area contributed by atoms with Crippen LogP contribution in [0.2, 0.25) is 5.02 Å². The number of nitrogens with zero attached hydrogens (tertiary/aromatic N) is 2. The number of ether oxygens (including phenoxy) is 2. The van der Waals surface area contributed by atoms with E-state index >= 15 is 0 Å². The van der Waals surface area contributed by atoms with Crippen molar-refractivity contribution in [3.05, 3.63) is 35.2 Å². The van der Waals surface area contributed by atoms with Gasteiger partial charge in [-0.2, -0.15) is 0 Å². The highest BCUT2D eigenvalue weighted by Gasteiger charge is 2.22. The van der Waals surface area contributed by atoms with Crippen molar-refractivity contribution < 1.29 is 18.7 Å². The number of amides is 1. The number of halogens is 2. The normalized spacial score (nSPS) is 19.9. The van der Waals surface area contributed by atoms with E-state index in [1.54, 1.807) is 12.1 Å². The molecule has 0 aromatic carbocycles. The minimum absolute atomic E-state index is 0.175. The lowest BCUT2D eigenvalue weighted by Crippen LogP contribution is -2.33. The summed E-state index contributed by atoms with van der Waals surface area (Å²) in [4.78, 5) is 21.2. The fourth-order valence-electron chi connectivity index (χ4n) is 3.71. The largest absolute Gasteiger partial charge is 0.381 e. The Morgan fingerprint density at radius 3 is 2.94 bits per heavy atom. The first-order valence-corrected chi connectivity index (χ1v) is 11.2. The topological polar surface area (TPSA) is 97.4 Å². The van der Waals surface area contributed by atoms with Crippen molar-refractivity contribution in [2.24, 2.45) is 11.8 Å². The van der Waals surface area contributed by atoms with Crippen molar-refractivity contribution in [1.82, 2.24) is 15.3 Å². The van der Waals surface area contributed by atoms with E-state index < -0.39 is 5.82 Å². The fourth-order valence-corrected chi connectivity index (χ4v) is 3.91. The summed E-state index contributed by atoms with van der Waals surface area (Å²) in [6.07, 6.45) is 3.33. The third-order valence-electron chi connectivity index (χ3n) is 5.63. The predicted octanol–water partition coefficient (Wildman–Crippen LogP) is 2.95. The Balaban J connectivity index is 1.48. The van der Waals surface area contributed by atoms with Gasteiger partial charge in [-0.25, -0.2) is 14.4 Å². The molecule has 0 spiro atoms. The molecule has 1 unspecified atom stereocenters. The standard InChI is InChI=1S/C22H27ClFN5O3/c23-17-12-26-20(29-22(30)15-11-25-5-8-32-13-15)9-16(17)19-2-1-18(24)21(28-19)27-10-14-3-6-31-7-4-14/h1-2,9,12,14-15,25H,3-8,10-11,13H2,(H,27,28)(H,26,29,30). The van der Waals surface area contributed by atoms with E-state index in [1.165, 1.54) is 12.3 Å². The lowest BCUT2D eigenvalue weighted by molar-refractivity contribution is -0.121. The molecule has 2 aliphatic rings. The second-order valence-electron chi connectivity index (χ2n) is 7.98. The van der Waals surface area contributed by atoms with Crippen LogP contribution in [0.25, 0.3) is 11.3 Å². The average molecular weight is 464 g/mol. The van der Waals surface area contributed by atoms with Gasteiger partial charge < -0.3 is 25.4 Å². The van der Waals surface area contributed by atoms with Crippen LogP contribution < -0.4 is 16.0 Å². The summed E-state index contributed by atoms with van der Waals surface area (Å²) in [7, 11) is 0. The molecule has 4 rings (SSSR count). The van der Waals surface area contributed by atoms with Gasteiger partial charge in [0.25, 0.3) is 0 Å². The van der Waals surface area contributed by atoms with E-state index in [2.05, 4.69) is 25.9 Å². The highest BCUT2D eigenvalue weighted by molar-refractivity contribution is 6.33. The molecule has 2 aliphatic heterocycles. The molecule has 10 heteroatoms. The summed E-state index contributed by atoms with van der Waals surface area (Å²) in [6, 6.07) is 4.57. The lowest BCUT2D eigenvalue weighted by Gasteiger charge is -2.22. The quantitative estimate of drug-likeness (QED) is 0.606. The smallest absolute Gasteiger partial charge is 0.232 e. The van der Waals surface area contributed by atoms with Crippen LogP contribution in [0.4, 0.5) is 16.0 Å². The number of rotatable bonds is 6. The molecule has 2 aromatic rings. The molecule has 0 radical (unpaired) electrons. The van der Waals surface area contributed by atoms with Crippen LogP contribution in [-0.4, -0.2) is 61.9 Å². The Hall–Kier alpha value is -2.33. The van der Waals surface area contributed by atoms with Crippen LogP contribution >= 0.6 is 11.6 Å². The summed E-state index contributed by atoms with van der Waals surface area (Å²) in [6.45, 7) is 4.26. The van der Waals surface area contributed by atoms with E-state index in [9.17, 15) is 9.18 Å². The number of carbonyl (C=O) groups excluding carboxylic acids is 1. The lowest BCUT2D eigenvalue weighted by atomic mass is 10.0. The second kappa shape index (κ2) is 11.0. The highest BCUT2D eigenvalue weighted by atomic mass is 35.5. The molecule has 1 amide bonds. The van der Waals surface area contributed by atoms with Crippen molar-refractivity contribution in [2.45, 2.75) is 12.8 Å². The zero-order chi connectivity index (χ0) is 22.3. The highest BCUT2D eigenvalue weighted by Crippen LogP contribution is 2.30. The number of hydrogen-bond donors (Lipinski definition) is 3. The van der Waals surface area contributed by atoms with Gasteiger partial charge in [0.05, 0.1) is 29.8 Å². The van der Waals surface area contributed by atoms with Crippen molar-refractivity contribution in [1.29, 1.82) is 0 Å². The SMILES string of the molecule is O=C(Nc1cc(-c2ccc(F)c(NCC3CCOCC3)n2)c(Cl)cn1)C1CNCCOC1. The van der Waals surface area contributed by atoms with Gasteiger partial charge in [0.2, 0.25) is 5.91 Å². The van der Waals surface area contributed by atoms with E-state index in [0.29, 0.717) is 60.9 Å². The molecule has 2 saturated heterocycles. The Morgan fingerprint density at radius 1 is 1.25 bits per heavy atom. The number of nitrogens with one attached hydrogen (secondary N) is 3. The van der Waals surface area contributed by atoms with Gasteiger partial charge in [-0.1, -0.05) is 11.6 Å². The van der Waals surface area contributed by atoms with Gasteiger partial charge in [0.1, 0.15) is 5.82 Å². The van der Waals surface area contributed by atoms with Gasteiger partial charge in [-0.3, -0.25) is 4.79 Å². The molecule has 0 aliphatic carbocycles. The van der Waals surface area contributed by atoms with Crippen LogP contribution in [0.5, 0.6) is 0 Å². The second-order valence-corrected chi connectivity index (χ2v) is 8.39. The molecular formula is C22H27ClFN5O3. The maximum Gasteiger partial charge on any atom is 0.232 e. The fraction of sp³-hybridized carbons (Fsp3) is 0.500. The minimum atomic E-state index is -0.430. The van der Waals surface area contributed by atoms with E-state index in [-0.39, 0.29) is 17.6 Å². The number of aromatic nitrogens is 2. The number of pyridine rings is 2. The molecule has 32 heavy (non-hydrogen) atoms. The Bertz CT molecular complexity index is 934. The molecule has 0 bridgehead atoms. The summed E-state index contributed by atoms with van der Waals surface area (Å²) >= 11 is 6.36. The molecule has 8 nitrogen and oxygen atoms in total. The van der Waals surface area contributed by atoms with E-state index in [1.807, 2.05) is 0 Å². The van der Waals surface area contributed by atoms with Crippen molar-refractivity contribution >= 4 is 29.1 Å². The Morgan fingerprint density at radius 2 is 2.09 bits per heavy atom. The third-order valence-corrected chi connectivity index (χ3v) is 5.93. The summed E-state index contributed by atoms with van der Waals surface area (Å²) < 4.78 is 25.2. The predicted molar refractivity (Wildman–Crippen MR) is 120 cm³/mol. The average Bonchev–Trinajstić information content (AvgIpc) is 3.10. The molecule has 2 fully saturated rings. The van der Waals surface area contributed by atoms with E-state index in [0.717, 1.165) is 26.1 Å². The zero-order valence-corrected chi connectivity index (χ0v) is 18.5. The number of anilines is 2. The van der Waals surface area contributed by atoms with Crippen LogP contribution in [0.1, 0.15) is 12.8 Å². The Kier molecular flexibility index (Phi) is 7.85. The van der Waals surface area contributed by atoms with Crippen LogP contribution in [0, 0.1) is 17.7 Å².